The van der Waals surface area contributed by atoms with Gasteiger partial charge in [-0.05, 0) is 31.0 Å². The Labute approximate surface area is 127 Å². The van der Waals surface area contributed by atoms with E-state index in [1.165, 1.54) is 0 Å². The van der Waals surface area contributed by atoms with E-state index in [1.54, 1.807) is 19.2 Å². The largest absolute Gasteiger partial charge is 0.496 e. The van der Waals surface area contributed by atoms with Crippen molar-refractivity contribution >= 4 is 33.4 Å². The topological polar surface area (TPSA) is 38.3 Å². The van der Waals surface area contributed by atoms with Gasteiger partial charge in [0, 0.05) is 10.4 Å². The number of carbonyl (C=O) groups is 1. The van der Waals surface area contributed by atoms with Crippen molar-refractivity contribution < 1.29 is 9.53 Å². The lowest BCUT2D eigenvalue weighted by atomic mass is 9.94. The minimum atomic E-state index is -0.364. The van der Waals surface area contributed by atoms with Gasteiger partial charge in [-0.1, -0.05) is 29.8 Å². The van der Waals surface area contributed by atoms with Gasteiger partial charge < -0.3 is 10.1 Å². The fourth-order valence-corrected chi connectivity index (χ4v) is 2.59. The molecule has 3 nitrogen and oxygen atoms in total. The molecule has 0 aliphatic rings. The fourth-order valence-electron chi connectivity index (χ4n) is 1.81. The quantitative estimate of drug-likeness (QED) is 0.790. The molecule has 0 atom stereocenters. The average Bonchev–Trinajstić information content (AvgIpc) is 2.44. The maximum Gasteiger partial charge on any atom is 0.255 e. The maximum atomic E-state index is 12.4. The molecule has 1 aromatic carbocycles. The molecule has 0 radical (unpaired) electrons. The maximum absolute atomic E-state index is 12.4. The highest BCUT2D eigenvalue weighted by molar-refractivity contribution is 9.10. The van der Waals surface area contributed by atoms with Crippen molar-refractivity contribution in [1.82, 2.24) is 5.32 Å². The van der Waals surface area contributed by atoms with Gasteiger partial charge in [0.25, 0.3) is 5.91 Å². The van der Waals surface area contributed by atoms with E-state index < -0.39 is 0 Å². The van der Waals surface area contributed by atoms with E-state index in [0.717, 1.165) is 17.3 Å². The van der Waals surface area contributed by atoms with Gasteiger partial charge in [-0.25, -0.2) is 0 Å². The lowest BCUT2D eigenvalue weighted by Crippen LogP contribution is -2.49. The molecule has 0 saturated heterocycles. The Balaban J connectivity index is 3.01. The molecular weight excluding hydrogens is 330 g/mol. The minimum absolute atomic E-state index is 0.159. The number of hydrogen-bond donors (Lipinski definition) is 1. The number of ether oxygens (including phenoxy) is 1. The van der Waals surface area contributed by atoms with Gasteiger partial charge in [-0.3, -0.25) is 4.79 Å². The highest BCUT2D eigenvalue weighted by Crippen LogP contribution is 2.25. The van der Waals surface area contributed by atoms with Crippen molar-refractivity contribution in [2.24, 2.45) is 0 Å². The van der Waals surface area contributed by atoms with Crippen LogP contribution in [-0.4, -0.2) is 24.4 Å². The molecule has 0 fully saturated rings. The van der Waals surface area contributed by atoms with Gasteiger partial charge >= 0.3 is 0 Å². The van der Waals surface area contributed by atoms with Crippen LogP contribution in [0.1, 0.15) is 37.0 Å². The number of nitrogens with one attached hydrogen (secondary N) is 1. The highest BCUT2D eigenvalue weighted by Gasteiger charge is 2.28. The number of alkyl halides is 1. The average molecular weight is 349 g/mol. The number of carbonyl (C=O) groups excluding carboxylic acids is 1. The summed E-state index contributed by atoms with van der Waals surface area (Å²) in [6.07, 6.45) is 1.58. The Morgan fingerprint density at radius 2 is 2.05 bits per heavy atom. The molecule has 0 bridgehead atoms. The Morgan fingerprint density at radius 1 is 1.42 bits per heavy atom. The predicted octanol–water partition coefficient (Wildman–Crippen LogP) is 3.99. The van der Waals surface area contributed by atoms with Gasteiger partial charge in [0.1, 0.15) is 5.75 Å². The first-order valence-electron chi connectivity index (χ1n) is 6.24. The standard InChI is InChI=1S/C14H19BrClNO2/c1-4-14(5-2,9-16)17-13(18)11-7-6-10(15)8-12(11)19-3/h6-8H,4-5,9H2,1-3H3,(H,17,18). The Hall–Kier alpha value is -0.740. The summed E-state index contributed by atoms with van der Waals surface area (Å²) in [4.78, 5) is 12.4. The summed E-state index contributed by atoms with van der Waals surface area (Å²) in [5.74, 6) is 0.779. The van der Waals surface area contributed by atoms with Crippen LogP contribution < -0.4 is 10.1 Å². The van der Waals surface area contributed by atoms with Crippen LogP contribution in [0.3, 0.4) is 0 Å². The minimum Gasteiger partial charge on any atom is -0.496 e. The molecule has 5 heteroatoms. The second kappa shape index (κ2) is 7.15. The number of methoxy groups -OCH3 is 1. The van der Waals surface area contributed by atoms with Crippen LogP contribution in [-0.2, 0) is 0 Å². The van der Waals surface area contributed by atoms with Gasteiger partial charge in [0.15, 0.2) is 0 Å². The van der Waals surface area contributed by atoms with Crippen molar-refractivity contribution in [3.63, 3.8) is 0 Å². The summed E-state index contributed by atoms with van der Waals surface area (Å²) < 4.78 is 6.11. The second-order valence-electron chi connectivity index (χ2n) is 4.42. The lowest BCUT2D eigenvalue weighted by Gasteiger charge is -2.30. The number of amides is 1. The Morgan fingerprint density at radius 3 is 2.53 bits per heavy atom. The number of rotatable bonds is 6. The Bertz CT molecular complexity index is 439. The molecule has 0 spiro atoms. The third kappa shape index (κ3) is 3.86. The smallest absolute Gasteiger partial charge is 0.255 e. The number of benzene rings is 1. The zero-order valence-electron chi connectivity index (χ0n) is 11.4. The van der Waals surface area contributed by atoms with Gasteiger partial charge in [0.2, 0.25) is 0 Å². The van der Waals surface area contributed by atoms with E-state index in [1.807, 2.05) is 19.9 Å². The van der Waals surface area contributed by atoms with Crippen molar-refractivity contribution in [2.45, 2.75) is 32.2 Å². The van der Waals surface area contributed by atoms with Crippen LogP contribution in [0.4, 0.5) is 0 Å². The zero-order chi connectivity index (χ0) is 14.5. The van der Waals surface area contributed by atoms with E-state index in [4.69, 9.17) is 16.3 Å². The molecule has 1 aromatic rings. The summed E-state index contributed by atoms with van der Waals surface area (Å²) in [6, 6.07) is 5.33. The first-order valence-corrected chi connectivity index (χ1v) is 7.56. The second-order valence-corrected chi connectivity index (χ2v) is 5.60. The van der Waals surface area contributed by atoms with Crippen molar-refractivity contribution in [3.8, 4) is 5.75 Å². The van der Waals surface area contributed by atoms with Crippen LogP contribution in [0.25, 0.3) is 0 Å². The molecule has 106 valence electrons. The molecule has 0 heterocycles. The molecule has 1 N–H and O–H groups in total. The third-order valence-electron chi connectivity index (χ3n) is 3.40. The van der Waals surface area contributed by atoms with Crippen LogP contribution in [0.2, 0.25) is 0 Å². The normalized spacial score (nSPS) is 11.2. The first-order chi connectivity index (χ1) is 9.01. The highest BCUT2D eigenvalue weighted by atomic mass is 79.9. The summed E-state index contributed by atoms with van der Waals surface area (Å²) in [5.41, 5.74) is 0.151. The van der Waals surface area contributed by atoms with Gasteiger partial charge in [0.05, 0.1) is 18.2 Å². The molecule has 0 aromatic heterocycles. The summed E-state index contributed by atoms with van der Waals surface area (Å²) in [7, 11) is 1.55. The van der Waals surface area contributed by atoms with E-state index in [0.29, 0.717) is 17.2 Å². The monoisotopic (exact) mass is 347 g/mol. The molecule has 0 unspecified atom stereocenters. The predicted molar refractivity (Wildman–Crippen MR) is 82.2 cm³/mol. The molecule has 0 aliphatic carbocycles. The molecule has 19 heavy (non-hydrogen) atoms. The van der Waals surface area contributed by atoms with E-state index >= 15 is 0 Å². The van der Waals surface area contributed by atoms with Crippen LogP contribution in [0, 0.1) is 0 Å². The number of hydrogen-bond acceptors (Lipinski definition) is 2. The molecule has 1 rings (SSSR count). The van der Waals surface area contributed by atoms with E-state index in [2.05, 4.69) is 21.2 Å². The molecular formula is C14H19BrClNO2. The summed E-state index contributed by atoms with van der Waals surface area (Å²) in [6.45, 7) is 4.04. The van der Waals surface area contributed by atoms with Gasteiger partial charge in [-0.2, -0.15) is 0 Å². The van der Waals surface area contributed by atoms with Crippen LogP contribution in [0.15, 0.2) is 22.7 Å². The number of halogens is 2. The van der Waals surface area contributed by atoms with Crippen LogP contribution >= 0.6 is 27.5 Å². The SMILES string of the molecule is CCC(CC)(CCl)NC(=O)c1ccc(Br)cc1OC. The van der Waals surface area contributed by atoms with Gasteiger partial charge in [-0.15, -0.1) is 11.6 Å². The molecule has 0 saturated carbocycles. The first kappa shape index (κ1) is 16.3. The van der Waals surface area contributed by atoms with E-state index in [-0.39, 0.29) is 11.4 Å². The summed E-state index contributed by atoms with van der Waals surface area (Å²) in [5, 5.41) is 3.02. The Kier molecular flexibility index (Phi) is 6.14. The molecule has 0 aliphatic heterocycles. The zero-order valence-corrected chi connectivity index (χ0v) is 13.8. The third-order valence-corrected chi connectivity index (χ3v) is 4.40. The van der Waals surface area contributed by atoms with Crippen molar-refractivity contribution in [2.75, 3.05) is 13.0 Å². The fraction of sp³-hybridized carbons (Fsp3) is 0.500. The summed E-state index contributed by atoms with van der Waals surface area (Å²) >= 11 is 9.36. The van der Waals surface area contributed by atoms with Crippen LogP contribution in [0.5, 0.6) is 5.75 Å². The van der Waals surface area contributed by atoms with E-state index in [9.17, 15) is 4.79 Å². The van der Waals surface area contributed by atoms with Crippen molar-refractivity contribution in [1.29, 1.82) is 0 Å². The molecule has 1 amide bonds. The van der Waals surface area contributed by atoms with Crippen molar-refractivity contribution in [3.05, 3.63) is 28.2 Å². The lowest BCUT2D eigenvalue weighted by molar-refractivity contribution is 0.0899.